The van der Waals surface area contributed by atoms with Gasteiger partial charge in [-0.05, 0) is 53.2 Å². The highest BCUT2D eigenvalue weighted by Crippen LogP contribution is 2.23. The fraction of sp³-hybridized carbons (Fsp3) is 0. The van der Waals surface area contributed by atoms with Crippen molar-refractivity contribution in [2.24, 2.45) is 0 Å². The SMILES string of the molecule is Nc1cc(S(=O)(=O)O)ccc1S(=O)(=O)O.O=S(=O)(O)c1ccc2cc(O)ccc2c1. The number of fused-ring (bicyclic) bond motifs is 1. The van der Waals surface area contributed by atoms with Crippen LogP contribution in [0.5, 0.6) is 5.75 Å². The summed E-state index contributed by atoms with van der Waals surface area (Å²) in [5.74, 6) is 0.113. The van der Waals surface area contributed by atoms with Crippen LogP contribution in [-0.4, -0.2) is 44.0 Å². The van der Waals surface area contributed by atoms with Crippen molar-refractivity contribution in [2.75, 3.05) is 5.73 Å². The van der Waals surface area contributed by atoms with Gasteiger partial charge in [0.05, 0.1) is 15.5 Å². The first kappa shape index (κ1) is 23.5. The van der Waals surface area contributed by atoms with E-state index in [4.69, 9.17) is 19.4 Å². The van der Waals surface area contributed by atoms with E-state index in [0.717, 1.165) is 18.2 Å². The van der Waals surface area contributed by atoms with Gasteiger partial charge in [0.15, 0.2) is 0 Å². The molecule has 0 unspecified atom stereocenters. The number of hydrogen-bond acceptors (Lipinski definition) is 8. The van der Waals surface area contributed by atoms with Crippen molar-refractivity contribution in [1.29, 1.82) is 0 Å². The number of nitrogens with two attached hydrogens (primary N) is 1. The molecule has 3 aromatic carbocycles. The van der Waals surface area contributed by atoms with E-state index in [0.29, 0.717) is 10.8 Å². The van der Waals surface area contributed by atoms with Gasteiger partial charge in [0, 0.05) is 0 Å². The third-order valence-electron chi connectivity index (χ3n) is 3.65. The van der Waals surface area contributed by atoms with E-state index in [9.17, 15) is 30.4 Å². The standard InChI is InChI=1S/C10H8O4S.C6H7NO6S2/c11-9-3-1-8-6-10(15(12,13)14)4-2-7(8)5-9;7-5-3-4(14(8,9)10)1-2-6(5)15(11,12)13/h1-6,11H,(H,12,13,14);1-3H,7H2,(H,8,9,10)(H,11,12,13). The zero-order valence-electron chi connectivity index (χ0n) is 14.7. The van der Waals surface area contributed by atoms with Crippen molar-refractivity contribution < 1.29 is 44.0 Å². The first-order chi connectivity index (χ1) is 13.6. The third-order valence-corrected chi connectivity index (χ3v) is 6.28. The molecule has 0 bridgehead atoms. The first-order valence-electron chi connectivity index (χ1n) is 7.64. The number of aromatic hydroxyl groups is 1. The maximum atomic E-state index is 10.8. The molecule has 162 valence electrons. The minimum Gasteiger partial charge on any atom is -0.508 e. The number of hydrogen-bond donors (Lipinski definition) is 5. The maximum Gasteiger partial charge on any atom is 0.296 e. The molecule has 3 rings (SSSR count). The molecule has 11 nitrogen and oxygen atoms in total. The number of benzene rings is 3. The lowest BCUT2D eigenvalue weighted by atomic mass is 10.1. The van der Waals surface area contributed by atoms with Gasteiger partial charge in [0.25, 0.3) is 30.4 Å². The van der Waals surface area contributed by atoms with Gasteiger partial charge in [-0.15, -0.1) is 0 Å². The second-order valence-corrected chi connectivity index (χ2v) is 10.1. The molecule has 14 heteroatoms. The van der Waals surface area contributed by atoms with E-state index in [2.05, 4.69) is 0 Å². The molecule has 0 saturated heterocycles. The summed E-state index contributed by atoms with van der Waals surface area (Å²) in [5.41, 5.74) is 4.72. The molecule has 0 heterocycles. The Balaban J connectivity index is 0.000000214. The zero-order valence-corrected chi connectivity index (χ0v) is 17.2. The Hall–Kier alpha value is -2.75. The summed E-state index contributed by atoms with van der Waals surface area (Å²) in [7, 11) is -13.1. The van der Waals surface area contributed by atoms with Gasteiger partial charge in [-0.2, -0.15) is 25.3 Å². The quantitative estimate of drug-likeness (QED) is 0.270. The van der Waals surface area contributed by atoms with Gasteiger partial charge >= 0.3 is 0 Å². The molecule has 0 aromatic heterocycles. The minimum absolute atomic E-state index is 0.113. The van der Waals surface area contributed by atoms with Gasteiger partial charge in [-0.25, -0.2) is 0 Å². The summed E-state index contributed by atoms with van der Waals surface area (Å²) in [6, 6.07) is 11.1. The molecule has 0 saturated carbocycles. The minimum atomic E-state index is -4.50. The van der Waals surface area contributed by atoms with Crippen molar-refractivity contribution in [3.63, 3.8) is 0 Å². The van der Waals surface area contributed by atoms with Crippen LogP contribution in [0.25, 0.3) is 10.8 Å². The van der Waals surface area contributed by atoms with Crippen LogP contribution in [0.15, 0.2) is 69.3 Å². The van der Waals surface area contributed by atoms with Crippen molar-refractivity contribution in [3.8, 4) is 5.75 Å². The Morgan fingerprint density at radius 2 is 1.07 bits per heavy atom. The molecule has 0 aliphatic carbocycles. The van der Waals surface area contributed by atoms with E-state index in [1.54, 1.807) is 6.07 Å². The van der Waals surface area contributed by atoms with Gasteiger partial charge in [0.1, 0.15) is 10.6 Å². The molecule has 0 aliphatic heterocycles. The Bertz CT molecular complexity index is 1430. The van der Waals surface area contributed by atoms with Crippen LogP contribution in [0, 0.1) is 0 Å². The zero-order chi connectivity index (χ0) is 22.9. The fourth-order valence-corrected chi connectivity index (χ4v) is 3.92. The predicted octanol–water partition coefficient (Wildman–Crippen LogP) is 1.55. The van der Waals surface area contributed by atoms with Crippen LogP contribution in [-0.2, 0) is 30.4 Å². The molecule has 0 aliphatic rings. The molecule has 0 amide bonds. The molecular formula is C16H15NO10S3. The Kier molecular flexibility index (Phi) is 6.41. The van der Waals surface area contributed by atoms with E-state index in [1.807, 2.05) is 0 Å². The lowest BCUT2D eigenvalue weighted by molar-refractivity contribution is 0.476. The number of anilines is 1. The van der Waals surface area contributed by atoms with Crippen molar-refractivity contribution >= 4 is 46.8 Å². The molecule has 30 heavy (non-hydrogen) atoms. The molecule has 0 atom stereocenters. The highest BCUT2D eigenvalue weighted by Gasteiger charge is 2.17. The van der Waals surface area contributed by atoms with Gasteiger partial charge in [-0.3, -0.25) is 13.7 Å². The smallest absolute Gasteiger partial charge is 0.296 e. The summed E-state index contributed by atoms with van der Waals surface area (Å²) >= 11 is 0. The number of rotatable bonds is 3. The largest absolute Gasteiger partial charge is 0.508 e. The molecular weight excluding hydrogens is 462 g/mol. The van der Waals surface area contributed by atoms with Crippen LogP contribution < -0.4 is 5.73 Å². The molecule has 0 fully saturated rings. The van der Waals surface area contributed by atoms with Gasteiger partial charge in [0.2, 0.25) is 0 Å². The summed E-state index contributed by atoms with van der Waals surface area (Å²) < 4.78 is 90.4. The molecule has 3 aromatic rings. The van der Waals surface area contributed by atoms with Gasteiger partial charge in [-0.1, -0.05) is 12.1 Å². The van der Waals surface area contributed by atoms with Crippen LogP contribution in [0.1, 0.15) is 0 Å². The fourth-order valence-electron chi connectivity index (χ4n) is 2.29. The first-order valence-corrected chi connectivity index (χ1v) is 12.0. The topological polar surface area (TPSA) is 209 Å². The Labute approximate surface area is 171 Å². The van der Waals surface area contributed by atoms with Crippen LogP contribution in [0.3, 0.4) is 0 Å². The average molecular weight is 477 g/mol. The Morgan fingerprint density at radius 1 is 0.600 bits per heavy atom. The monoisotopic (exact) mass is 477 g/mol. The van der Waals surface area contributed by atoms with Crippen LogP contribution in [0.4, 0.5) is 5.69 Å². The predicted molar refractivity (Wildman–Crippen MR) is 106 cm³/mol. The number of phenols is 1. The number of phenolic OH excluding ortho intramolecular Hbond substituents is 1. The summed E-state index contributed by atoms with van der Waals surface area (Å²) in [6.07, 6.45) is 0. The molecule has 6 N–H and O–H groups in total. The van der Waals surface area contributed by atoms with Crippen LogP contribution >= 0.6 is 0 Å². The van der Waals surface area contributed by atoms with E-state index < -0.39 is 45.8 Å². The highest BCUT2D eigenvalue weighted by molar-refractivity contribution is 7.86. The maximum absolute atomic E-state index is 10.8. The molecule has 0 spiro atoms. The van der Waals surface area contributed by atoms with Crippen molar-refractivity contribution in [1.82, 2.24) is 0 Å². The van der Waals surface area contributed by atoms with Crippen molar-refractivity contribution in [2.45, 2.75) is 14.7 Å². The van der Waals surface area contributed by atoms with E-state index >= 15 is 0 Å². The van der Waals surface area contributed by atoms with Gasteiger partial charge < -0.3 is 10.8 Å². The third kappa shape index (κ3) is 5.88. The summed E-state index contributed by atoms with van der Waals surface area (Å²) in [5, 5.41) is 10.5. The average Bonchev–Trinajstić information content (AvgIpc) is 2.59. The number of nitrogen functional groups attached to an aromatic ring is 1. The van der Waals surface area contributed by atoms with Crippen LogP contribution in [0.2, 0.25) is 0 Å². The van der Waals surface area contributed by atoms with E-state index in [1.165, 1.54) is 30.3 Å². The van der Waals surface area contributed by atoms with Crippen molar-refractivity contribution in [3.05, 3.63) is 54.6 Å². The lowest BCUT2D eigenvalue weighted by Gasteiger charge is -2.03. The highest BCUT2D eigenvalue weighted by atomic mass is 32.2. The lowest BCUT2D eigenvalue weighted by Crippen LogP contribution is -2.05. The van der Waals surface area contributed by atoms with E-state index in [-0.39, 0.29) is 10.6 Å². The summed E-state index contributed by atoms with van der Waals surface area (Å²) in [4.78, 5) is -1.32. The summed E-state index contributed by atoms with van der Waals surface area (Å²) in [6.45, 7) is 0. The second-order valence-electron chi connectivity index (χ2n) is 5.82. The Morgan fingerprint density at radius 3 is 1.57 bits per heavy atom. The normalized spacial score (nSPS) is 12.2. The molecule has 0 radical (unpaired) electrons. The second kappa shape index (κ2) is 8.17.